The van der Waals surface area contributed by atoms with Crippen molar-refractivity contribution in [1.82, 2.24) is 24.9 Å². The zero-order chi connectivity index (χ0) is 18.3. The van der Waals surface area contributed by atoms with Crippen molar-refractivity contribution >= 4 is 32.9 Å². The number of halogens is 2. The van der Waals surface area contributed by atoms with Gasteiger partial charge in [-0.05, 0) is 25.1 Å². The van der Waals surface area contributed by atoms with Crippen molar-refractivity contribution in [3.8, 4) is 5.75 Å². The largest absolute Gasteiger partial charge is 0.434 e. The fourth-order valence-corrected chi connectivity index (χ4v) is 3.74. The Morgan fingerprint density at radius 1 is 1.23 bits per heavy atom. The number of rotatable bonds is 5. The molecule has 0 radical (unpaired) electrons. The van der Waals surface area contributed by atoms with Crippen LogP contribution in [0.2, 0.25) is 0 Å². The molecule has 0 saturated heterocycles. The minimum atomic E-state index is -2.93. The van der Waals surface area contributed by atoms with Crippen LogP contribution in [0.5, 0.6) is 5.75 Å². The van der Waals surface area contributed by atoms with Gasteiger partial charge in [-0.15, -0.1) is 0 Å². The van der Waals surface area contributed by atoms with Crippen LogP contribution >= 0.6 is 0 Å². The lowest BCUT2D eigenvalue weighted by molar-refractivity contribution is -0.0503. The number of aromatic amines is 2. The van der Waals surface area contributed by atoms with Crippen LogP contribution in [0.3, 0.4) is 0 Å². The third-order valence-corrected chi connectivity index (χ3v) is 5.12. The van der Waals surface area contributed by atoms with Gasteiger partial charge in [0.1, 0.15) is 5.75 Å². The smallest absolute Gasteiger partial charge is 0.387 e. The van der Waals surface area contributed by atoms with Gasteiger partial charge in [-0.2, -0.15) is 8.78 Å². The number of alkyl halides is 2. The maximum Gasteiger partial charge on any atom is 0.387 e. The summed E-state index contributed by atoms with van der Waals surface area (Å²) in [6.45, 7) is -1.33. The molecule has 0 aliphatic carbocycles. The summed E-state index contributed by atoms with van der Waals surface area (Å²) in [4.78, 5) is 18.7. The molecule has 1 unspecified atom stereocenters. The van der Waals surface area contributed by atoms with Gasteiger partial charge >= 0.3 is 6.61 Å². The predicted octanol–water partition coefficient (Wildman–Crippen LogP) is 3.05. The van der Waals surface area contributed by atoms with Gasteiger partial charge in [-0.3, -0.25) is 9.19 Å². The van der Waals surface area contributed by atoms with E-state index in [1.807, 2.05) is 6.07 Å². The predicted molar refractivity (Wildman–Crippen MR) is 91.5 cm³/mol. The summed E-state index contributed by atoms with van der Waals surface area (Å²) in [5, 5.41) is 0.286. The first-order valence-electron chi connectivity index (χ1n) is 7.62. The summed E-state index contributed by atoms with van der Waals surface area (Å²) in [7, 11) is -1.53. The SMILES string of the molecule is Cc1c(OC(F)F)ccnc1CS(=O)c1nc2cc3nc[nH]c3cc2[nH]1. The van der Waals surface area contributed by atoms with Gasteiger partial charge in [0.15, 0.2) is 5.16 Å². The normalized spacial score (nSPS) is 12.9. The van der Waals surface area contributed by atoms with Crippen molar-refractivity contribution in [2.24, 2.45) is 0 Å². The highest BCUT2D eigenvalue weighted by molar-refractivity contribution is 7.84. The zero-order valence-electron chi connectivity index (χ0n) is 13.5. The molecule has 0 saturated carbocycles. The fraction of sp³-hybridized carbons (Fsp3) is 0.188. The lowest BCUT2D eigenvalue weighted by Crippen LogP contribution is -2.07. The average Bonchev–Trinajstić information content (AvgIpc) is 3.21. The third kappa shape index (κ3) is 3.03. The molecule has 2 N–H and O–H groups in total. The molecule has 0 aliphatic rings. The van der Waals surface area contributed by atoms with E-state index >= 15 is 0 Å². The Labute approximate surface area is 148 Å². The summed E-state index contributed by atoms with van der Waals surface area (Å²) in [6.07, 6.45) is 2.94. The summed E-state index contributed by atoms with van der Waals surface area (Å²) < 4.78 is 42.0. The van der Waals surface area contributed by atoms with Gasteiger partial charge < -0.3 is 14.7 Å². The van der Waals surface area contributed by atoms with E-state index in [0.717, 1.165) is 16.6 Å². The van der Waals surface area contributed by atoms with E-state index in [0.29, 0.717) is 16.8 Å². The quantitative estimate of drug-likeness (QED) is 0.557. The maximum absolute atomic E-state index is 12.7. The Balaban J connectivity index is 1.63. The van der Waals surface area contributed by atoms with Crippen LogP contribution < -0.4 is 4.74 Å². The van der Waals surface area contributed by atoms with Crippen LogP contribution in [-0.4, -0.2) is 35.7 Å². The van der Waals surface area contributed by atoms with Crippen molar-refractivity contribution < 1.29 is 17.7 Å². The van der Waals surface area contributed by atoms with Crippen molar-refractivity contribution in [2.75, 3.05) is 0 Å². The standard InChI is InChI=1S/C16H13F2N5O2S/c1-8-13(19-3-2-14(8)25-15(17)18)6-26(24)16-22-11-4-9-10(21-7-20-9)5-12(11)23-16/h2-5,7,15H,6H2,1H3,(H,20,21)(H,22,23). The van der Waals surface area contributed by atoms with Crippen LogP contribution in [0.4, 0.5) is 8.78 Å². The molecule has 4 rings (SSSR count). The molecule has 0 spiro atoms. The lowest BCUT2D eigenvalue weighted by Gasteiger charge is -2.10. The van der Waals surface area contributed by atoms with E-state index in [2.05, 4.69) is 29.7 Å². The van der Waals surface area contributed by atoms with Gasteiger partial charge in [0.2, 0.25) is 0 Å². The summed E-state index contributed by atoms with van der Waals surface area (Å²) in [5.74, 6) is 0.0503. The van der Waals surface area contributed by atoms with Crippen LogP contribution in [0.15, 0.2) is 35.9 Å². The number of hydrogen-bond donors (Lipinski definition) is 2. The molecule has 1 atom stereocenters. The highest BCUT2D eigenvalue weighted by Crippen LogP contribution is 2.24. The Morgan fingerprint density at radius 3 is 2.88 bits per heavy atom. The van der Waals surface area contributed by atoms with Crippen molar-refractivity contribution in [2.45, 2.75) is 24.4 Å². The second-order valence-electron chi connectivity index (χ2n) is 5.58. The lowest BCUT2D eigenvalue weighted by atomic mass is 10.2. The molecule has 3 heterocycles. The maximum atomic E-state index is 12.7. The fourth-order valence-electron chi connectivity index (χ4n) is 2.64. The number of hydrogen-bond acceptors (Lipinski definition) is 5. The molecule has 0 aliphatic heterocycles. The topological polar surface area (TPSA) is 96.5 Å². The van der Waals surface area contributed by atoms with Gasteiger partial charge in [-0.1, -0.05) is 0 Å². The third-order valence-electron chi connectivity index (χ3n) is 3.96. The van der Waals surface area contributed by atoms with E-state index in [1.54, 1.807) is 19.3 Å². The molecule has 0 fully saturated rings. The molecule has 0 bridgehead atoms. The molecule has 134 valence electrons. The summed E-state index contributed by atoms with van der Waals surface area (Å²) in [6, 6.07) is 4.98. The van der Waals surface area contributed by atoms with E-state index in [4.69, 9.17) is 0 Å². The van der Waals surface area contributed by atoms with Crippen LogP contribution in [0, 0.1) is 6.92 Å². The molecule has 10 heteroatoms. The molecule has 7 nitrogen and oxygen atoms in total. The van der Waals surface area contributed by atoms with Crippen molar-refractivity contribution in [1.29, 1.82) is 0 Å². The number of nitrogens with zero attached hydrogens (tertiary/aromatic N) is 3. The van der Waals surface area contributed by atoms with Crippen LogP contribution in [-0.2, 0) is 16.6 Å². The average molecular weight is 377 g/mol. The first-order valence-corrected chi connectivity index (χ1v) is 8.93. The van der Waals surface area contributed by atoms with Crippen molar-refractivity contribution in [3.05, 3.63) is 42.0 Å². The number of ether oxygens (including phenoxy) is 1. The Morgan fingerprint density at radius 2 is 2.08 bits per heavy atom. The highest BCUT2D eigenvalue weighted by atomic mass is 32.2. The molecule has 26 heavy (non-hydrogen) atoms. The minimum absolute atomic E-state index is 0.0203. The number of nitrogens with one attached hydrogen (secondary N) is 2. The first-order chi connectivity index (χ1) is 12.5. The molecular formula is C16H13F2N5O2S. The van der Waals surface area contributed by atoms with Gasteiger partial charge in [-0.25, -0.2) is 9.97 Å². The number of H-pyrrole nitrogens is 2. The van der Waals surface area contributed by atoms with E-state index in [-0.39, 0.29) is 16.7 Å². The number of imidazole rings is 2. The number of pyridine rings is 1. The summed E-state index contributed by atoms with van der Waals surface area (Å²) >= 11 is 0. The van der Waals surface area contributed by atoms with Gasteiger partial charge in [0, 0.05) is 11.8 Å². The van der Waals surface area contributed by atoms with E-state index in [1.165, 1.54) is 12.3 Å². The van der Waals surface area contributed by atoms with E-state index < -0.39 is 17.4 Å². The Kier molecular flexibility index (Phi) is 4.11. The number of benzene rings is 1. The van der Waals surface area contributed by atoms with Gasteiger partial charge in [0.05, 0.1) is 50.6 Å². The number of fused-ring (bicyclic) bond motifs is 2. The monoisotopic (exact) mass is 377 g/mol. The highest BCUT2D eigenvalue weighted by Gasteiger charge is 2.16. The molecular weight excluding hydrogens is 364 g/mol. The first kappa shape index (κ1) is 16.6. The van der Waals surface area contributed by atoms with E-state index in [9.17, 15) is 13.0 Å². The molecule has 3 aromatic heterocycles. The number of aromatic nitrogens is 5. The Hall–Kier alpha value is -2.88. The minimum Gasteiger partial charge on any atom is -0.434 e. The van der Waals surface area contributed by atoms with Gasteiger partial charge in [0.25, 0.3) is 0 Å². The van der Waals surface area contributed by atoms with Crippen LogP contribution in [0.1, 0.15) is 11.3 Å². The summed E-state index contributed by atoms with van der Waals surface area (Å²) in [5.41, 5.74) is 3.81. The van der Waals surface area contributed by atoms with Crippen LogP contribution in [0.25, 0.3) is 22.1 Å². The zero-order valence-corrected chi connectivity index (χ0v) is 14.3. The molecule has 0 amide bonds. The molecule has 1 aromatic carbocycles. The second-order valence-corrected chi connectivity index (χ2v) is 6.95. The van der Waals surface area contributed by atoms with Crippen molar-refractivity contribution in [3.63, 3.8) is 0 Å². The second kappa shape index (κ2) is 6.45. The molecule has 4 aromatic rings. The Bertz CT molecular complexity index is 1080.